The van der Waals surface area contributed by atoms with Gasteiger partial charge in [-0.2, -0.15) is 5.10 Å². The van der Waals surface area contributed by atoms with Crippen molar-refractivity contribution >= 4 is 28.7 Å². The summed E-state index contributed by atoms with van der Waals surface area (Å²) >= 11 is 1.59. The fraction of sp³-hybridized carbons (Fsp3) is 0.350. The number of nitrogens with zero attached hydrogens (tertiary/aromatic N) is 3. The van der Waals surface area contributed by atoms with Crippen LogP contribution in [0.1, 0.15) is 29.6 Å². The monoisotopic (exact) mass is 397 g/mol. The molecule has 0 saturated carbocycles. The van der Waals surface area contributed by atoms with Gasteiger partial charge in [-0.25, -0.2) is 9.78 Å². The molecular formula is C20H23N5O2S. The van der Waals surface area contributed by atoms with Crippen LogP contribution in [0.25, 0.3) is 11.3 Å². The molecule has 28 heavy (non-hydrogen) atoms. The van der Waals surface area contributed by atoms with E-state index in [-0.39, 0.29) is 6.03 Å². The first-order chi connectivity index (χ1) is 13.6. The molecule has 0 radical (unpaired) electrons. The standard InChI is InChI=1S/C20H23N5O2S/c1-13-18(11-21-25(13)15-7-9-27-10-8-15)24-20(26)23-17-6-4-3-5-16(17)19-12-28-14(2)22-19/h3-6,11-12,15H,7-10H2,1-2H3,(H2,23,24,26). The van der Waals surface area contributed by atoms with Crippen LogP contribution in [0.15, 0.2) is 35.8 Å². The Balaban J connectivity index is 1.48. The zero-order valence-corrected chi connectivity index (χ0v) is 16.8. The average Bonchev–Trinajstić information content (AvgIpc) is 3.29. The summed E-state index contributed by atoms with van der Waals surface area (Å²) in [6, 6.07) is 7.69. The molecular weight excluding hydrogens is 374 g/mol. The Morgan fingerprint density at radius 2 is 1.93 bits per heavy atom. The minimum atomic E-state index is -0.297. The summed E-state index contributed by atoms with van der Waals surface area (Å²) in [5.74, 6) is 0. The first-order valence-electron chi connectivity index (χ1n) is 9.33. The molecule has 0 unspecified atom stereocenters. The predicted octanol–water partition coefficient (Wildman–Crippen LogP) is 4.62. The first-order valence-corrected chi connectivity index (χ1v) is 10.2. The van der Waals surface area contributed by atoms with Gasteiger partial charge in [-0.1, -0.05) is 18.2 Å². The second-order valence-corrected chi connectivity index (χ2v) is 7.87. The van der Waals surface area contributed by atoms with Gasteiger partial charge in [0, 0.05) is 24.2 Å². The lowest BCUT2D eigenvalue weighted by atomic mass is 10.1. The van der Waals surface area contributed by atoms with Gasteiger partial charge in [0.15, 0.2) is 0 Å². The highest BCUT2D eigenvalue weighted by Gasteiger charge is 2.20. The minimum Gasteiger partial charge on any atom is -0.381 e. The zero-order valence-electron chi connectivity index (χ0n) is 15.9. The Kier molecular flexibility index (Phi) is 5.40. The highest BCUT2D eigenvalue weighted by Crippen LogP contribution is 2.29. The number of ether oxygens (including phenoxy) is 1. The van der Waals surface area contributed by atoms with E-state index in [9.17, 15) is 4.79 Å². The third-order valence-corrected chi connectivity index (χ3v) is 5.67. The van der Waals surface area contributed by atoms with Gasteiger partial charge in [-0.15, -0.1) is 11.3 Å². The number of aryl methyl sites for hydroxylation is 1. The third-order valence-electron chi connectivity index (χ3n) is 4.90. The first kappa shape index (κ1) is 18.6. The van der Waals surface area contributed by atoms with Gasteiger partial charge in [0.25, 0.3) is 0 Å². The van der Waals surface area contributed by atoms with Crippen LogP contribution >= 0.6 is 11.3 Å². The van der Waals surface area contributed by atoms with Crippen molar-refractivity contribution in [3.8, 4) is 11.3 Å². The molecule has 0 bridgehead atoms. The van der Waals surface area contributed by atoms with Gasteiger partial charge < -0.3 is 15.4 Å². The number of urea groups is 1. The van der Waals surface area contributed by atoms with Crippen LogP contribution in [0.4, 0.5) is 16.2 Å². The summed E-state index contributed by atoms with van der Waals surface area (Å²) in [6.45, 7) is 5.44. The Hall–Kier alpha value is -2.71. The minimum absolute atomic E-state index is 0.297. The molecule has 7 nitrogen and oxygen atoms in total. The van der Waals surface area contributed by atoms with Crippen LogP contribution in [0.3, 0.4) is 0 Å². The molecule has 2 N–H and O–H groups in total. The molecule has 1 aliphatic heterocycles. The lowest BCUT2D eigenvalue weighted by Crippen LogP contribution is -2.22. The quantitative estimate of drug-likeness (QED) is 0.673. The number of rotatable bonds is 4. The molecule has 1 aliphatic rings. The van der Waals surface area contributed by atoms with E-state index in [2.05, 4.69) is 20.7 Å². The van der Waals surface area contributed by atoms with Crippen LogP contribution in [-0.2, 0) is 4.74 Å². The lowest BCUT2D eigenvalue weighted by Gasteiger charge is -2.23. The van der Waals surface area contributed by atoms with Crippen LogP contribution in [0.2, 0.25) is 0 Å². The normalized spacial score (nSPS) is 14.8. The van der Waals surface area contributed by atoms with E-state index in [4.69, 9.17) is 4.74 Å². The Morgan fingerprint density at radius 1 is 1.18 bits per heavy atom. The highest BCUT2D eigenvalue weighted by atomic mass is 32.1. The number of amides is 2. The summed E-state index contributed by atoms with van der Waals surface area (Å²) in [5.41, 5.74) is 4.15. The number of benzene rings is 1. The van der Waals surface area contributed by atoms with E-state index in [0.29, 0.717) is 11.7 Å². The SMILES string of the molecule is Cc1nc(-c2ccccc2NC(=O)Nc2cnn(C3CCOCC3)c2C)cs1. The van der Waals surface area contributed by atoms with Crippen LogP contribution in [-0.4, -0.2) is 34.0 Å². The molecule has 1 fully saturated rings. The summed E-state index contributed by atoms with van der Waals surface area (Å²) in [7, 11) is 0. The third kappa shape index (κ3) is 3.93. The zero-order chi connectivity index (χ0) is 19.5. The molecule has 146 valence electrons. The van der Waals surface area contributed by atoms with Crippen molar-refractivity contribution < 1.29 is 9.53 Å². The van der Waals surface area contributed by atoms with Crippen LogP contribution in [0.5, 0.6) is 0 Å². The molecule has 2 amide bonds. The predicted molar refractivity (Wildman–Crippen MR) is 111 cm³/mol. The van der Waals surface area contributed by atoms with Gasteiger partial charge in [0.2, 0.25) is 0 Å². The Labute approximate surface area is 167 Å². The molecule has 8 heteroatoms. The van der Waals surface area contributed by atoms with Gasteiger partial charge in [-0.05, 0) is 32.8 Å². The second-order valence-electron chi connectivity index (χ2n) is 6.81. The number of hydrogen-bond donors (Lipinski definition) is 2. The topological polar surface area (TPSA) is 81.1 Å². The Morgan fingerprint density at radius 3 is 2.68 bits per heavy atom. The second kappa shape index (κ2) is 8.12. The molecule has 4 rings (SSSR count). The van der Waals surface area contributed by atoms with Crippen molar-refractivity contribution in [1.82, 2.24) is 14.8 Å². The molecule has 1 saturated heterocycles. The average molecular weight is 398 g/mol. The summed E-state index contributed by atoms with van der Waals surface area (Å²) in [4.78, 5) is 17.1. The van der Waals surface area contributed by atoms with Crippen LogP contribution in [0, 0.1) is 13.8 Å². The number of anilines is 2. The summed E-state index contributed by atoms with van der Waals surface area (Å²) in [6.07, 6.45) is 3.59. The van der Waals surface area contributed by atoms with Crippen molar-refractivity contribution in [2.75, 3.05) is 23.8 Å². The fourth-order valence-electron chi connectivity index (χ4n) is 3.42. The van der Waals surface area contributed by atoms with Crippen molar-refractivity contribution in [3.63, 3.8) is 0 Å². The number of carbonyl (C=O) groups is 1. The number of thiazole rings is 1. The van der Waals surface area contributed by atoms with Crippen molar-refractivity contribution in [2.24, 2.45) is 0 Å². The van der Waals surface area contributed by atoms with Crippen molar-refractivity contribution in [1.29, 1.82) is 0 Å². The number of hydrogen-bond acceptors (Lipinski definition) is 5. The van der Waals surface area contributed by atoms with E-state index < -0.39 is 0 Å². The molecule has 0 atom stereocenters. The smallest absolute Gasteiger partial charge is 0.323 e. The van der Waals surface area contributed by atoms with Gasteiger partial charge in [0.1, 0.15) is 0 Å². The van der Waals surface area contributed by atoms with Crippen molar-refractivity contribution in [3.05, 3.63) is 46.5 Å². The molecule has 1 aromatic carbocycles. The molecule has 0 spiro atoms. The Bertz CT molecular complexity index is 975. The number of carbonyl (C=O) groups excluding carboxylic acids is 1. The van der Waals surface area contributed by atoms with E-state index in [1.54, 1.807) is 17.5 Å². The highest BCUT2D eigenvalue weighted by molar-refractivity contribution is 7.09. The fourth-order valence-corrected chi connectivity index (χ4v) is 4.04. The van der Waals surface area contributed by atoms with Gasteiger partial charge in [0.05, 0.1) is 40.0 Å². The summed E-state index contributed by atoms with van der Waals surface area (Å²) in [5, 5.41) is 13.3. The lowest BCUT2D eigenvalue weighted by molar-refractivity contribution is 0.0657. The number of para-hydroxylation sites is 1. The summed E-state index contributed by atoms with van der Waals surface area (Å²) < 4.78 is 7.41. The van der Waals surface area contributed by atoms with E-state index >= 15 is 0 Å². The number of nitrogens with one attached hydrogen (secondary N) is 2. The van der Waals surface area contributed by atoms with Crippen molar-refractivity contribution in [2.45, 2.75) is 32.7 Å². The largest absolute Gasteiger partial charge is 0.381 e. The number of aromatic nitrogens is 3. The molecule has 3 aromatic rings. The van der Waals surface area contributed by atoms with E-state index in [1.165, 1.54) is 0 Å². The van der Waals surface area contributed by atoms with Gasteiger partial charge in [-0.3, -0.25) is 4.68 Å². The van der Waals surface area contributed by atoms with Crippen LogP contribution < -0.4 is 10.6 Å². The maximum absolute atomic E-state index is 12.6. The maximum atomic E-state index is 12.6. The van der Waals surface area contributed by atoms with E-state index in [0.717, 1.165) is 53.7 Å². The molecule has 0 aliphatic carbocycles. The molecule has 3 heterocycles. The van der Waals surface area contributed by atoms with E-state index in [1.807, 2.05) is 48.2 Å². The van der Waals surface area contributed by atoms with Gasteiger partial charge >= 0.3 is 6.03 Å². The maximum Gasteiger partial charge on any atom is 0.323 e. The molecule has 2 aromatic heterocycles.